The summed E-state index contributed by atoms with van der Waals surface area (Å²) in [4.78, 5) is 0. The van der Waals surface area contributed by atoms with Crippen LogP contribution in [0.25, 0.3) is 0 Å². The van der Waals surface area contributed by atoms with Gasteiger partial charge in [-0.3, -0.25) is 0 Å². The van der Waals surface area contributed by atoms with Gasteiger partial charge in [0.15, 0.2) is 0 Å². The van der Waals surface area contributed by atoms with Crippen LogP contribution in [0.15, 0.2) is 42.5 Å². The molecule has 0 aliphatic carbocycles. The topological polar surface area (TPSA) is 9.23 Å². The molecule has 106 valence electrons. The third kappa shape index (κ3) is 3.30. The number of hydrogen-bond donors (Lipinski definition) is 0. The van der Waals surface area contributed by atoms with E-state index in [2.05, 4.69) is 15.9 Å². The number of alkyl halides is 4. The first kappa shape index (κ1) is 14.8. The van der Waals surface area contributed by atoms with Gasteiger partial charge in [0.2, 0.25) is 0 Å². The Balaban J connectivity index is 2.41. The zero-order valence-electron chi connectivity index (χ0n) is 10.0. The van der Waals surface area contributed by atoms with Crippen LogP contribution < -0.4 is 4.74 Å². The molecule has 0 aliphatic heterocycles. The summed E-state index contributed by atoms with van der Waals surface area (Å²) < 4.78 is 56.9. The number of para-hydroxylation sites is 1. The van der Waals surface area contributed by atoms with Gasteiger partial charge in [-0.15, -0.1) is 0 Å². The van der Waals surface area contributed by atoms with Gasteiger partial charge < -0.3 is 4.74 Å². The van der Waals surface area contributed by atoms with Crippen LogP contribution in [0.1, 0.15) is 11.1 Å². The highest BCUT2D eigenvalue weighted by Crippen LogP contribution is 2.38. The molecule has 6 heteroatoms. The van der Waals surface area contributed by atoms with Crippen molar-refractivity contribution in [3.63, 3.8) is 0 Å². The van der Waals surface area contributed by atoms with Crippen LogP contribution in [0, 0.1) is 5.82 Å². The maximum atomic E-state index is 13.1. The molecule has 0 bridgehead atoms. The normalized spacial score (nSPS) is 11.4. The van der Waals surface area contributed by atoms with Crippen LogP contribution in [0.3, 0.4) is 0 Å². The molecule has 0 saturated carbocycles. The largest absolute Gasteiger partial charge is 0.456 e. The summed E-state index contributed by atoms with van der Waals surface area (Å²) in [7, 11) is 0. The van der Waals surface area contributed by atoms with E-state index in [-0.39, 0.29) is 16.8 Å². The zero-order valence-corrected chi connectivity index (χ0v) is 11.6. The fourth-order valence-electron chi connectivity index (χ4n) is 1.66. The van der Waals surface area contributed by atoms with E-state index in [0.29, 0.717) is 5.56 Å². The lowest BCUT2D eigenvalue weighted by Crippen LogP contribution is -2.07. The van der Waals surface area contributed by atoms with Crippen molar-refractivity contribution in [2.24, 2.45) is 0 Å². The van der Waals surface area contributed by atoms with Gasteiger partial charge in [-0.05, 0) is 30.3 Å². The van der Waals surface area contributed by atoms with E-state index in [9.17, 15) is 17.6 Å². The fourth-order valence-corrected chi connectivity index (χ4v) is 2.10. The molecule has 0 heterocycles. The molecule has 0 saturated heterocycles. The predicted octanol–water partition coefficient (Wildman–Crippen LogP) is 5.53. The summed E-state index contributed by atoms with van der Waals surface area (Å²) >= 11 is 3.14. The molecule has 2 aromatic rings. The van der Waals surface area contributed by atoms with Crippen LogP contribution in [-0.4, -0.2) is 0 Å². The van der Waals surface area contributed by atoms with Crippen molar-refractivity contribution in [2.75, 3.05) is 0 Å². The number of benzene rings is 2. The number of hydrogen-bond acceptors (Lipinski definition) is 1. The summed E-state index contributed by atoms with van der Waals surface area (Å²) in [6, 6.07) is 8.54. The van der Waals surface area contributed by atoms with Crippen molar-refractivity contribution in [3.05, 3.63) is 59.4 Å². The van der Waals surface area contributed by atoms with E-state index in [4.69, 9.17) is 4.74 Å². The third-order valence-corrected chi connectivity index (χ3v) is 3.18. The van der Waals surface area contributed by atoms with Gasteiger partial charge in [-0.1, -0.05) is 28.1 Å². The van der Waals surface area contributed by atoms with Crippen molar-refractivity contribution in [2.45, 2.75) is 11.5 Å². The van der Waals surface area contributed by atoms with E-state index in [0.717, 1.165) is 12.1 Å². The Morgan fingerprint density at radius 1 is 1.00 bits per heavy atom. The Kier molecular flexibility index (Phi) is 4.32. The van der Waals surface area contributed by atoms with Crippen LogP contribution in [0.4, 0.5) is 17.6 Å². The van der Waals surface area contributed by atoms with E-state index in [1.165, 1.54) is 30.3 Å². The standard InChI is InChI=1S/C14H9BrF4O/c15-8-9-7-10(16)5-6-12(9)20-13-4-2-1-3-11(13)14(17,18)19/h1-7H,8H2. The Bertz CT molecular complexity index is 610. The predicted molar refractivity (Wildman–Crippen MR) is 70.5 cm³/mol. The van der Waals surface area contributed by atoms with Crippen molar-refractivity contribution < 1.29 is 22.3 Å². The molecule has 1 nitrogen and oxygen atoms in total. The molecule has 0 aromatic heterocycles. The van der Waals surface area contributed by atoms with Crippen LogP contribution in [0.5, 0.6) is 11.5 Å². The van der Waals surface area contributed by atoms with Crippen LogP contribution in [0.2, 0.25) is 0 Å². The molecule has 0 atom stereocenters. The zero-order chi connectivity index (χ0) is 14.8. The second-order valence-corrected chi connectivity index (χ2v) is 4.54. The molecular formula is C14H9BrF4O. The average Bonchev–Trinajstić information content (AvgIpc) is 2.40. The lowest BCUT2D eigenvalue weighted by Gasteiger charge is -2.15. The minimum absolute atomic E-state index is 0.181. The molecule has 0 amide bonds. The van der Waals surface area contributed by atoms with Gasteiger partial charge in [0, 0.05) is 10.9 Å². The average molecular weight is 349 g/mol. The highest BCUT2D eigenvalue weighted by atomic mass is 79.9. The Morgan fingerprint density at radius 3 is 2.35 bits per heavy atom. The van der Waals surface area contributed by atoms with E-state index in [1.807, 2.05) is 0 Å². The molecule has 0 N–H and O–H groups in total. The number of halogens is 5. The molecule has 0 unspecified atom stereocenters. The van der Waals surface area contributed by atoms with Crippen molar-refractivity contribution in [1.29, 1.82) is 0 Å². The van der Waals surface area contributed by atoms with Gasteiger partial charge in [0.1, 0.15) is 17.3 Å². The van der Waals surface area contributed by atoms with Crippen LogP contribution >= 0.6 is 15.9 Å². The third-order valence-electron chi connectivity index (χ3n) is 2.58. The Hall–Kier alpha value is -1.56. The summed E-state index contributed by atoms with van der Waals surface area (Å²) in [6.45, 7) is 0. The van der Waals surface area contributed by atoms with Gasteiger partial charge in [-0.25, -0.2) is 4.39 Å². The van der Waals surface area contributed by atoms with E-state index < -0.39 is 17.6 Å². The molecule has 0 aliphatic rings. The molecule has 0 spiro atoms. The second-order valence-electron chi connectivity index (χ2n) is 3.98. The molecule has 0 fully saturated rings. The lowest BCUT2D eigenvalue weighted by atomic mass is 10.2. The van der Waals surface area contributed by atoms with E-state index in [1.54, 1.807) is 0 Å². The first-order valence-corrected chi connectivity index (χ1v) is 6.72. The SMILES string of the molecule is Fc1ccc(Oc2ccccc2C(F)(F)F)c(CBr)c1. The molecular weight excluding hydrogens is 340 g/mol. The first-order valence-electron chi connectivity index (χ1n) is 5.60. The quantitative estimate of drug-likeness (QED) is 0.523. The minimum atomic E-state index is -4.51. The first-order chi connectivity index (χ1) is 9.41. The second kappa shape index (κ2) is 5.83. The minimum Gasteiger partial charge on any atom is -0.456 e. The van der Waals surface area contributed by atoms with Gasteiger partial charge >= 0.3 is 6.18 Å². The number of rotatable bonds is 3. The summed E-state index contributed by atoms with van der Waals surface area (Å²) in [5.41, 5.74) is -0.438. The number of ether oxygens (including phenoxy) is 1. The fraction of sp³-hybridized carbons (Fsp3) is 0.143. The van der Waals surface area contributed by atoms with Crippen molar-refractivity contribution in [1.82, 2.24) is 0 Å². The van der Waals surface area contributed by atoms with Crippen LogP contribution in [-0.2, 0) is 11.5 Å². The highest BCUT2D eigenvalue weighted by molar-refractivity contribution is 9.08. The molecule has 2 aromatic carbocycles. The molecule has 2 rings (SSSR count). The van der Waals surface area contributed by atoms with Gasteiger partial charge in [-0.2, -0.15) is 13.2 Å². The Labute approximate surface area is 121 Å². The van der Waals surface area contributed by atoms with Crippen molar-refractivity contribution in [3.8, 4) is 11.5 Å². The maximum absolute atomic E-state index is 13.1. The van der Waals surface area contributed by atoms with Gasteiger partial charge in [0.25, 0.3) is 0 Å². The monoisotopic (exact) mass is 348 g/mol. The lowest BCUT2D eigenvalue weighted by molar-refractivity contribution is -0.138. The smallest absolute Gasteiger partial charge is 0.419 e. The summed E-state index contributed by atoms with van der Waals surface area (Å²) in [5, 5.41) is 0.272. The highest BCUT2D eigenvalue weighted by Gasteiger charge is 2.34. The summed E-state index contributed by atoms with van der Waals surface area (Å²) in [6.07, 6.45) is -4.51. The van der Waals surface area contributed by atoms with E-state index >= 15 is 0 Å². The maximum Gasteiger partial charge on any atom is 0.419 e. The molecule has 0 radical (unpaired) electrons. The summed E-state index contributed by atoms with van der Waals surface area (Å²) in [5.74, 6) is -0.607. The molecule has 20 heavy (non-hydrogen) atoms. The Morgan fingerprint density at radius 2 is 1.70 bits per heavy atom. The van der Waals surface area contributed by atoms with Gasteiger partial charge in [0.05, 0.1) is 5.56 Å². The van der Waals surface area contributed by atoms with Crippen molar-refractivity contribution >= 4 is 15.9 Å².